The fourth-order valence-electron chi connectivity index (χ4n) is 3.93. The van der Waals surface area contributed by atoms with E-state index in [1.807, 2.05) is 24.5 Å². The molecule has 0 aliphatic carbocycles. The lowest BCUT2D eigenvalue weighted by molar-refractivity contribution is -0.118. The highest BCUT2D eigenvalue weighted by Gasteiger charge is 2.15. The lowest BCUT2D eigenvalue weighted by Gasteiger charge is -2.16. The van der Waals surface area contributed by atoms with Gasteiger partial charge in [-0.1, -0.05) is 6.07 Å². The summed E-state index contributed by atoms with van der Waals surface area (Å²) < 4.78 is 2.70. The highest BCUT2D eigenvalue weighted by Crippen LogP contribution is 2.31. The second-order valence-corrected chi connectivity index (χ2v) is 9.36. The number of hydrogen-bond donors (Lipinski definition) is 2. The molecule has 0 saturated carbocycles. The molecule has 1 aliphatic rings. The first-order valence-corrected chi connectivity index (χ1v) is 11.9. The monoisotopic (exact) mass is 462 g/mol. The van der Waals surface area contributed by atoms with E-state index >= 15 is 0 Å². The van der Waals surface area contributed by atoms with Crippen molar-refractivity contribution in [1.29, 1.82) is 0 Å². The Hall–Kier alpha value is -3.37. The predicted octanol–water partition coefficient (Wildman–Crippen LogP) is 3.47. The summed E-state index contributed by atoms with van der Waals surface area (Å²) in [4.78, 5) is 27.6. The van der Waals surface area contributed by atoms with Gasteiger partial charge < -0.3 is 11.1 Å². The number of nitrogens with zero attached hydrogens (tertiary/aromatic N) is 6. The highest BCUT2D eigenvalue weighted by atomic mass is 32.1. The predicted molar refractivity (Wildman–Crippen MR) is 129 cm³/mol. The van der Waals surface area contributed by atoms with Crippen molar-refractivity contribution in [2.24, 2.45) is 5.73 Å². The number of thiazole rings is 1. The van der Waals surface area contributed by atoms with Crippen LogP contribution in [0.3, 0.4) is 0 Å². The third kappa shape index (κ3) is 5.01. The minimum absolute atomic E-state index is 0.257. The molecule has 170 valence electrons. The molecule has 0 aromatic carbocycles. The highest BCUT2D eigenvalue weighted by molar-refractivity contribution is 7.21. The van der Waals surface area contributed by atoms with Gasteiger partial charge in [-0.15, -0.1) is 11.3 Å². The van der Waals surface area contributed by atoms with E-state index in [0.29, 0.717) is 12.4 Å². The quantitative estimate of drug-likeness (QED) is 0.412. The molecule has 4 aromatic rings. The molecule has 5 rings (SSSR count). The Morgan fingerprint density at radius 3 is 2.85 bits per heavy atom. The number of carbonyl (C=O) groups is 1. The number of anilines is 2. The minimum atomic E-state index is -0.343. The molecule has 0 bridgehead atoms. The maximum absolute atomic E-state index is 11.0. The molecular weight excluding hydrogens is 436 g/mol. The summed E-state index contributed by atoms with van der Waals surface area (Å²) >= 11 is 1.56. The molecule has 9 nitrogen and oxygen atoms in total. The molecule has 0 spiro atoms. The van der Waals surface area contributed by atoms with Gasteiger partial charge in [-0.2, -0.15) is 5.10 Å². The maximum atomic E-state index is 11.0. The van der Waals surface area contributed by atoms with Gasteiger partial charge in [0.15, 0.2) is 0 Å². The molecule has 1 amide bonds. The van der Waals surface area contributed by atoms with Crippen molar-refractivity contribution in [1.82, 2.24) is 29.6 Å². The fourth-order valence-corrected chi connectivity index (χ4v) is 4.82. The summed E-state index contributed by atoms with van der Waals surface area (Å²) in [6.45, 7) is 5.75. The number of aromatic nitrogens is 5. The van der Waals surface area contributed by atoms with Crippen molar-refractivity contribution in [3.05, 3.63) is 48.0 Å². The summed E-state index contributed by atoms with van der Waals surface area (Å²) in [5, 5.41) is 8.49. The Morgan fingerprint density at radius 1 is 1.18 bits per heavy atom. The van der Waals surface area contributed by atoms with E-state index in [4.69, 9.17) is 15.7 Å². The Bertz CT molecular complexity index is 1290. The van der Waals surface area contributed by atoms with Gasteiger partial charge in [-0.25, -0.2) is 15.0 Å². The number of primary amides is 1. The van der Waals surface area contributed by atoms with Crippen LogP contribution in [0.4, 0.5) is 11.6 Å². The molecule has 3 N–H and O–H groups in total. The van der Waals surface area contributed by atoms with Crippen LogP contribution < -0.4 is 11.1 Å². The van der Waals surface area contributed by atoms with Gasteiger partial charge in [0.05, 0.1) is 22.1 Å². The summed E-state index contributed by atoms with van der Waals surface area (Å²) in [5.74, 6) is 1.15. The molecule has 0 atom stereocenters. The first kappa shape index (κ1) is 21.5. The first-order chi connectivity index (χ1) is 16.0. The van der Waals surface area contributed by atoms with Crippen molar-refractivity contribution in [3.63, 3.8) is 0 Å². The molecule has 4 aromatic heterocycles. The smallest absolute Gasteiger partial charge is 0.219 e. The molecule has 33 heavy (non-hydrogen) atoms. The van der Waals surface area contributed by atoms with Crippen LogP contribution in [0.1, 0.15) is 30.5 Å². The number of pyridine rings is 2. The van der Waals surface area contributed by atoms with Crippen LogP contribution >= 0.6 is 11.3 Å². The Balaban J connectivity index is 1.32. The number of amides is 1. The third-order valence-electron chi connectivity index (χ3n) is 5.77. The van der Waals surface area contributed by atoms with E-state index in [2.05, 4.69) is 33.3 Å². The Labute approximate surface area is 195 Å². The number of fused-ring (bicyclic) bond motifs is 1. The molecular formula is C23H26N8OS. The summed E-state index contributed by atoms with van der Waals surface area (Å²) in [5.41, 5.74) is 9.30. The van der Waals surface area contributed by atoms with E-state index < -0.39 is 0 Å². The summed E-state index contributed by atoms with van der Waals surface area (Å²) in [6, 6.07) is 6.03. The number of aryl methyl sites for hydroxylation is 2. The summed E-state index contributed by atoms with van der Waals surface area (Å²) in [7, 11) is 0. The van der Waals surface area contributed by atoms with Gasteiger partial charge in [0, 0.05) is 43.5 Å². The zero-order valence-electron chi connectivity index (χ0n) is 18.5. The van der Waals surface area contributed by atoms with E-state index in [0.717, 1.165) is 51.9 Å². The van der Waals surface area contributed by atoms with Gasteiger partial charge in [-0.3, -0.25) is 14.4 Å². The zero-order chi connectivity index (χ0) is 22.8. The number of hydrogen-bond acceptors (Lipinski definition) is 8. The molecule has 0 radical (unpaired) electrons. The largest absolute Gasteiger partial charge is 0.370 e. The van der Waals surface area contributed by atoms with Crippen LogP contribution in [0.5, 0.6) is 0 Å². The molecule has 1 saturated heterocycles. The van der Waals surface area contributed by atoms with Crippen LogP contribution in [0, 0.1) is 6.92 Å². The minimum Gasteiger partial charge on any atom is -0.370 e. The van der Waals surface area contributed by atoms with Gasteiger partial charge in [0.1, 0.15) is 16.6 Å². The maximum Gasteiger partial charge on any atom is 0.219 e. The van der Waals surface area contributed by atoms with Crippen molar-refractivity contribution in [3.8, 4) is 10.6 Å². The van der Waals surface area contributed by atoms with Crippen molar-refractivity contribution >= 4 is 39.1 Å². The van der Waals surface area contributed by atoms with Gasteiger partial charge in [0.2, 0.25) is 5.91 Å². The molecule has 0 unspecified atom stereocenters. The van der Waals surface area contributed by atoms with Crippen LogP contribution in [0.2, 0.25) is 0 Å². The average Bonchev–Trinajstić information content (AvgIpc) is 3.55. The number of rotatable bonds is 8. The van der Waals surface area contributed by atoms with Crippen molar-refractivity contribution in [2.45, 2.75) is 39.3 Å². The standard InChI is InChI=1S/C23H26N8OS/c1-15-4-5-21(27-18(15)14-30-7-2-3-8-30)29-22-10-17-19(12-25-22)33-23(28-17)16-11-26-31(13-16)9-6-20(24)32/h4-5,10-13H,2-3,6-9,14H2,1H3,(H2,24,32)(H,25,27,29). The average molecular weight is 463 g/mol. The van der Waals surface area contributed by atoms with Crippen LogP contribution in [0.25, 0.3) is 20.8 Å². The second-order valence-electron chi connectivity index (χ2n) is 8.33. The number of nitrogens with one attached hydrogen (secondary N) is 1. The second kappa shape index (κ2) is 9.24. The molecule has 5 heterocycles. The van der Waals surface area contributed by atoms with E-state index in [-0.39, 0.29) is 12.3 Å². The molecule has 10 heteroatoms. The number of nitrogens with two attached hydrogens (primary N) is 1. The van der Waals surface area contributed by atoms with Crippen LogP contribution in [-0.4, -0.2) is 48.6 Å². The normalized spacial score (nSPS) is 14.2. The zero-order valence-corrected chi connectivity index (χ0v) is 19.3. The Morgan fingerprint density at radius 2 is 2.03 bits per heavy atom. The van der Waals surface area contributed by atoms with Gasteiger partial charge in [-0.05, 0) is 44.5 Å². The summed E-state index contributed by atoms with van der Waals surface area (Å²) in [6.07, 6.45) is 8.26. The first-order valence-electron chi connectivity index (χ1n) is 11.1. The fraction of sp³-hybridized carbons (Fsp3) is 0.348. The SMILES string of the molecule is Cc1ccc(Nc2cc3nc(-c4cnn(CCC(N)=O)c4)sc3cn2)nc1CN1CCCC1. The van der Waals surface area contributed by atoms with Gasteiger partial charge >= 0.3 is 0 Å². The number of likely N-dealkylation sites (tertiary alicyclic amines) is 1. The van der Waals surface area contributed by atoms with Gasteiger partial charge in [0.25, 0.3) is 0 Å². The van der Waals surface area contributed by atoms with E-state index in [1.54, 1.807) is 22.2 Å². The van der Waals surface area contributed by atoms with E-state index in [9.17, 15) is 4.79 Å². The van der Waals surface area contributed by atoms with Crippen LogP contribution in [-0.2, 0) is 17.9 Å². The van der Waals surface area contributed by atoms with Crippen molar-refractivity contribution in [2.75, 3.05) is 18.4 Å². The van der Waals surface area contributed by atoms with Crippen molar-refractivity contribution < 1.29 is 4.79 Å². The third-order valence-corrected chi connectivity index (χ3v) is 6.83. The van der Waals surface area contributed by atoms with Crippen LogP contribution in [0.15, 0.2) is 36.8 Å². The molecule has 1 fully saturated rings. The Kier molecular flexibility index (Phi) is 6.01. The topological polar surface area (TPSA) is 115 Å². The lowest BCUT2D eigenvalue weighted by Crippen LogP contribution is -2.20. The molecule has 1 aliphatic heterocycles. The van der Waals surface area contributed by atoms with E-state index in [1.165, 1.54) is 18.4 Å². The lowest BCUT2D eigenvalue weighted by atomic mass is 10.2. The number of carbonyl (C=O) groups excluding carboxylic acids is 1.